The Balaban J connectivity index is 1.78. The van der Waals surface area contributed by atoms with E-state index >= 15 is 0 Å². The van der Waals surface area contributed by atoms with Gasteiger partial charge in [0.25, 0.3) is 5.91 Å². The molecule has 2 aromatic rings. The zero-order valence-corrected chi connectivity index (χ0v) is 16.3. The molecule has 1 aliphatic carbocycles. The summed E-state index contributed by atoms with van der Waals surface area (Å²) >= 11 is 5.70. The van der Waals surface area contributed by atoms with Crippen LogP contribution in [0.5, 0.6) is 5.88 Å². The number of anilines is 1. The molecular formula is C18H19ClF3N5O2. The van der Waals surface area contributed by atoms with E-state index in [9.17, 15) is 18.0 Å². The molecule has 0 saturated heterocycles. The van der Waals surface area contributed by atoms with Crippen LogP contribution in [0.25, 0.3) is 0 Å². The monoisotopic (exact) mass is 429 g/mol. The predicted octanol–water partition coefficient (Wildman–Crippen LogP) is 3.90. The van der Waals surface area contributed by atoms with Crippen LogP contribution in [0, 0.1) is 0 Å². The van der Waals surface area contributed by atoms with Gasteiger partial charge in [-0.3, -0.25) is 15.2 Å². The van der Waals surface area contributed by atoms with Gasteiger partial charge >= 0.3 is 6.18 Å². The van der Waals surface area contributed by atoms with Gasteiger partial charge in [0.1, 0.15) is 0 Å². The first-order valence-electron chi connectivity index (χ1n) is 8.96. The molecule has 0 unspecified atom stereocenters. The first kappa shape index (κ1) is 21.1. The summed E-state index contributed by atoms with van der Waals surface area (Å²) in [7, 11) is 1.57. The Labute approximate surface area is 170 Å². The highest BCUT2D eigenvalue weighted by Gasteiger charge is 2.30. The lowest BCUT2D eigenvalue weighted by Gasteiger charge is -2.20. The molecule has 0 spiro atoms. The number of halogens is 4. The minimum absolute atomic E-state index is 0.0124. The molecule has 0 atom stereocenters. The first-order valence-corrected chi connectivity index (χ1v) is 9.34. The van der Waals surface area contributed by atoms with Crippen molar-refractivity contribution in [1.29, 1.82) is 0 Å². The highest BCUT2D eigenvalue weighted by Crippen LogP contribution is 2.38. The average Bonchev–Trinajstić information content (AvgIpc) is 3.20. The fourth-order valence-corrected chi connectivity index (χ4v) is 3.26. The van der Waals surface area contributed by atoms with Crippen LogP contribution in [0.2, 0.25) is 5.15 Å². The van der Waals surface area contributed by atoms with E-state index in [0.717, 1.165) is 25.7 Å². The van der Waals surface area contributed by atoms with E-state index in [1.165, 1.54) is 17.3 Å². The number of pyridine rings is 1. The van der Waals surface area contributed by atoms with Crippen LogP contribution >= 0.6 is 11.6 Å². The number of carbonyl (C=O) groups excluding carboxylic acids is 1. The fourth-order valence-electron chi connectivity index (χ4n) is 3.16. The van der Waals surface area contributed by atoms with Gasteiger partial charge in [-0.15, -0.1) is 10.2 Å². The van der Waals surface area contributed by atoms with Crippen molar-refractivity contribution in [2.24, 2.45) is 0 Å². The predicted molar refractivity (Wildman–Crippen MR) is 99.9 cm³/mol. The van der Waals surface area contributed by atoms with Crippen LogP contribution < -0.4 is 15.2 Å². The van der Waals surface area contributed by atoms with Crippen LogP contribution in [-0.4, -0.2) is 40.9 Å². The van der Waals surface area contributed by atoms with E-state index in [4.69, 9.17) is 16.3 Å². The van der Waals surface area contributed by atoms with Crippen LogP contribution in [0.3, 0.4) is 0 Å². The molecule has 0 bridgehead atoms. The number of nitrogens with zero attached hydrogens (tertiary/aromatic N) is 4. The molecule has 1 aliphatic rings. The second-order valence-corrected chi connectivity index (χ2v) is 7.11. The summed E-state index contributed by atoms with van der Waals surface area (Å²) < 4.78 is 42.5. The highest BCUT2D eigenvalue weighted by atomic mass is 35.5. The number of ether oxygens (including phenoxy) is 1. The molecule has 7 nitrogen and oxygen atoms in total. The van der Waals surface area contributed by atoms with Gasteiger partial charge in [-0.25, -0.2) is 4.98 Å². The molecule has 29 heavy (non-hydrogen) atoms. The number of amides is 1. The fraction of sp³-hybridized carbons (Fsp3) is 0.444. The van der Waals surface area contributed by atoms with Crippen molar-refractivity contribution in [2.45, 2.75) is 37.8 Å². The largest absolute Gasteiger partial charge is 0.468 e. The Morgan fingerprint density at radius 3 is 2.66 bits per heavy atom. The summed E-state index contributed by atoms with van der Waals surface area (Å²) in [5.41, 5.74) is 3.34. The van der Waals surface area contributed by atoms with E-state index in [2.05, 4.69) is 20.6 Å². The van der Waals surface area contributed by atoms with Crippen LogP contribution in [-0.2, 0) is 0 Å². The zero-order valence-electron chi connectivity index (χ0n) is 15.5. The Morgan fingerprint density at radius 1 is 1.31 bits per heavy atom. The maximum Gasteiger partial charge on any atom is 0.422 e. The third-order valence-electron chi connectivity index (χ3n) is 4.54. The van der Waals surface area contributed by atoms with Crippen LogP contribution in [0.1, 0.15) is 47.5 Å². The van der Waals surface area contributed by atoms with Gasteiger partial charge in [-0.1, -0.05) is 24.4 Å². The van der Waals surface area contributed by atoms with Crippen molar-refractivity contribution in [3.05, 3.63) is 40.7 Å². The molecule has 156 valence electrons. The first-order chi connectivity index (χ1) is 13.7. The highest BCUT2D eigenvalue weighted by molar-refractivity contribution is 6.29. The molecule has 1 N–H and O–H groups in total. The molecule has 1 amide bonds. The lowest BCUT2D eigenvalue weighted by atomic mass is 9.97. The molecule has 2 aromatic heterocycles. The molecular weight excluding hydrogens is 411 g/mol. The Hall–Kier alpha value is -2.62. The number of rotatable bonds is 6. The number of hydrogen-bond acceptors (Lipinski definition) is 6. The van der Waals surface area contributed by atoms with Gasteiger partial charge in [0, 0.05) is 18.8 Å². The number of hydrogen-bond donors (Lipinski definition) is 1. The molecule has 2 heterocycles. The van der Waals surface area contributed by atoms with Crippen molar-refractivity contribution >= 4 is 23.3 Å². The van der Waals surface area contributed by atoms with Crippen molar-refractivity contribution < 1.29 is 22.7 Å². The summed E-state index contributed by atoms with van der Waals surface area (Å²) in [6.07, 6.45) is 0.300. The second kappa shape index (κ2) is 8.81. The number of nitrogens with one attached hydrogen (secondary N) is 1. The summed E-state index contributed by atoms with van der Waals surface area (Å²) in [6, 6.07) is 4.65. The van der Waals surface area contributed by atoms with E-state index in [-0.39, 0.29) is 22.5 Å². The summed E-state index contributed by atoms with van der Waals surface area (Å²) in [5, 5.41) is 9.13. The van der Waals surface area contributed by atoms with Crippen LogP contribution in [0.4, 0.5) is 19.0 Å². The molecule has 11 heteroatoms. The number of carbonyl (C=O) groups is 1. The smallest absolute Gasteiger partial charge is 0.422 e. The van der Waals surface area contributed by atoms with Gasteiger partial charge in [0.05, 0.1) is 5.56 Å². The van der Waals surface area contributed by atoms with Gasteiger partial charge in [0.15, 0.2) is 17.6 Å². The van der Waals surface area contributed by atoms with Gasteiger partial charge in [-0.2, -0.15) is 13.2 Å². The summed E-state index contributed by atoms with van der Waals surface area (Å²) in [4.78, 5) is 16.6. The molecule has 0 radical (unpaired) electrons. The van der Waals surface area contributed by atoms with Crippen LogP contribution in [0.15, 0.2) is 24.4 Å². The van der Waals surface area contributed by atoms with Gasteiger partial charge in [0.2, 0.25) is 5.88 Å². The second-order valence-electron chi connectivity index (χ2n) is 6.72. The Kier molecular flexibility index (Phi) is 6.41. The van der Waals surface area contributed by atoms with Crippen molar-refractivity contribution in [3.63, 3.8) is 0 Å². The third kappa shape index (κ3) is 5.69. The van der Waals surface area contributed by atoms with E-state index in [1.54, 1.807) is 19.2 Å². The maximum absolute atomic E-state index is 12.6. The minimum atomic E-state index is -4.47. The Morgan fingerprint density at radius 2 is 2.03 bits per heavy atom. The third-order valence-corrected chi connectivity index (χ3v) is 4.74. The number of aromatic nitrogens is 3. The zero-order chi connectivity index (χ0) is 21.0. The SMILES string of the molecule is CN(NC(=O)c1cnc(OCC(F)(F)F)c(C2CCCC2)c1)c1ccc(Cl)nn1. The topological polar surface area (TPSA) is 80.2 Å². The standard InChI is InChI=1S/C18H19ClF3N5O2/c1-27(15-7-6-14(19)24-25-15)26-16(28)12-8-13(11-4-2-3-5-11)17(23-9-12)29-10-18(20,21)22/h6-9,11H,2-5,10H2,1H3,(H,26,28). The lowest BCUT2D eigenvalue weighted by Crippen LogP contribution is -2.40. The number of alkyl halides is 3. The quantitative estimate of drug-likeness (QED) is 0.701. The number of hydrazine groups is 1. The van der Waals surface area contributed by atoms with E-state index < -0.39 is 18.7 Å². The van der Waals surface area contributed by atoms with Gasteiger partial charge in [-0.05, 0) is 37.0 Å². The molecule has 1 fully saturated rings. The minimum Gasteiger partial charge on any atom is -0.468 e. The normalized spacial score (nSPS) is 14.7. The summed E-state index contributed by atoms with van der Waals surface area (Å²) in [6.45, 7) is -1.43. The molecule has 3 rings (SSSR count). The lowest BCUT2D eigenvalue weighted by molar-refractivity contribution is -0.154. The molecule has 0 aromatic carbocycles. The van der Waals surface area contributed by atoms with Crippen molar-refractivity contribution in [2.75, 3.05) is 18.7 Å². The van der Waals surface area contributed by atoms with Gasteiger partial charge < -0.3 is 4.74 Å². The van der Waals surface area contributed by atoms with Crippen molar-refractivity contribution in [1.82, 2.24) is 20.6 Å². The maximum atomic E-state index is 12.6. The average molecular weight is 430 g/mol. The van der Waals surface area contributed by atoms with E-state index in [0.29, 0.717) is 11.4 Å². The summed E-state index contributed by atoms with van der Waals surface area (Å²) in [5.74, 6) is -0.198. The van der Waals surface area contributed by atoms with Crippen molar-refractivity contribution in [3.8, 4) is 5.88 Å². The van der Waals surface area contributed by atoms with E-state index in [1.807, 2.05) is 0 Å². The molecule has 0 aliphatic heterocycles. The molecule has 1 saturated carbocycles. The Bertz CT molecular complexity index is 858.